The van der Waals surface area contributed by atoms with E-state index in [1.807, 2.05) is 61.5 Å². The maximum atomic E-state index is 6.43. The van der Waals surface area contributed by atoms with Crippen LogP contribution in [0.3, 0.4) is 0 Å². The predicted molar refractivity (Wildman–Crippen MR) is 98.0 cm³/mol. The molecular formula is C19H15ClN4O. The Morgan fingerprint density at radius 2 is 1.60 bits per heavy atom. The van der Waals surface area contributed by atoms with Crippen LogP contribution < -0.4 is 4.74 Å². The van der Waals surface area contributed by atoms with Crippen LogP contribution in [0.25, 0.3) is 28.2 Å². The van der Waals surface area contributed by atoms with Crippen molar-refractivity contribution >= 4 is 17.2 Å². The van der Waals surface area contributed by atoms with E-state index in [0.29, 0.717) is 16.6 Å². The third kappa shape index (κ3) is 2.83. The summed E-state index contributed by atoms with van der Waals surface area (Å²) in [5, 5.41) is 13.4. The van der Waals surface area contributed by atoms with E-state index in [9.17, 15) is 0 Å². The van der Waals surface area contributed by atoms with Gasteiger partial charge in [0.25, 0.3) is 0 Å². The first kappa shape index (κ1) is 15.6. The zero-order valence-electron chi connectivity index (χ0n) is 13.8. The topological polar surface area (TPSA) is 52.3 Å². The van der Waals surface area contributed by atoms with Crippen molar-refractivity contribution in [3.8, 4) is 28.3 Å². The Bertz CT molecular complexity index is 1040. The first-order valence-electron chi connectivity index (χ1n) is 7.79. The average Bonchev–Trinajstić information content (AvgIpc) is 3.04. The number of fused-ring (bicyclic) bond motifs is 1. The summed E-state index contributed by atoms with van der Waals surface area (Å²) in [6.07, 6.45) is 0. The zero-order valence-corrected chi connectivity index (χ0v) is 14.5. The van der Waals surface area contributed by atoms with Gasteiger partial charge in [-0.1, -0.05) is 53.6 Å². The Balaban J connectivity index is 1.82. The highest BCUT2D eigenvalue weighted by Crippen LogP contribution is 2.29. The fourth-order valence-corrected chi connectivity index (χ4v) is 2.91. The fraction of sp³-hybridized carbons (Fsp3) is 0.105. The highest BCUT2D eigenvalue weighted by molar-refractivity contribution is 6.32. The zero-order chi connectivity index (χ0) is 17.4. The number of methoxy groups -OCH3 is 1. The lowest BCUT2D eigenvalue weighted by molar-refractivity contribution is 0.415. The lowest BCUT2D eigenvalue weighted by Crippen LogP contribution is -1.97. The van der Waals surface area contributed by atoms with Crippen LogP contribution in [0.15, 0.2) is 54.6 Å². The molecule has 0 spiro atoms. The van der Waals surface area contributed by atoms with Crippen molar-refractivity contribution < 1.29 is 4.74 Å². The molecule has 2 aromatic carbocycles. The summed E-state index contributed by atoms with van der Waals surface area (Å²) in [7, 11) is 1.64. The first-order valence-corrected chi connectivity index (χ1v) is 8.17. The van der Waals surface area contributed by atoms with Crippen molar-refractivity contribution in [2.45, 2.75) is 6.92 Å². The molecule has 0 amide bonds. The minimum Gasteiger partial charge on any atom is -0.497 e. The van der Waals surface area contributed by atoms with E-state index in [0.717, 1.165) is 22.4 Å². The molecule has 0 saturated carbocycles. The molecule has 0 radical (unpaired) electrons. The molecule has 0 bridgehead atoms. The van der Waals surface area contributed by atoms with Crippen molar-refractivity contribution in [1.29, 1.82) is 0 Å². The van der Waals surface area contributed by atoms with Crippen LogP contribution in [0.5, 0.6) is 5.75 Å². The molecule has 4 aromatic rings. The number of nitrogens with zero attached hydrogens (tertiary/aromatic N) is 4. The summed E-state index contributed by atoms with van der Waals surface area (Å²) in [6, 6.07) is 17.6. The molecular weight excluding hydrogens is 336 g/mol. The minimum atomic E-state index is 0.394. The molecule has 0 unspecified atom stereocenters. The third-order valence-electron chi connectivity index (χ3n) is 4.06. The summed E-state index contributed by atoms with van der Waals surface area (Å²) < 4.78 is 6.86. The van der Waals surface area contributed by atoms with Gasteiger partial charge >= 0.3 is 0 Å². The van der Waals surface area contributed by atoms with Gasteiger partial charge in [0.2, 0.25) is 0 Å². The van der Waals surface area contributed by atoms with Gasteiger partial charge in [-0.25, -0.2) is 0 Å². The Labute approximate surface area is 149 Å². The molecule has 0 N–H and O–H groups in total. The number of aromatic nitrogens is 4. The molecule has 0 saturated heterocycles. The van der Waals surface area contributed by atoms with E-state index in [2.05, 4.69) is 15.3 Å². The van der Waals surface area contributed by atoms with E-state index < -0.39 is 0 Å². The molecule has 5 nitrogen and oxygen atoms in total. The normalized spacial score (nSPS) is 11.0. The summed E-state index contributed by atoms with van der Waals surface area (Å²) >= 11 is 6.43. The molecule has 124 valence electrons. The van der Waals surface area contributed by atoms with Crippen LogP contribution in [-0.2, 0) is 0 Å². The van der Waals surface area contributed by atoms with E-state index in [1.54, 1.807) is 11.6 Å². The Hall–Kier alpha value is -2.92. The smallest absolute Gasteiger partial charge is 0.185 e. The fourth-order valence-electron chi connectivity index (χ4n) is 2.67. The molecule has 0 fully saturated rings. The summed E-state index contributed by atoms with van der Waals surface area (Å²) in [5.74, 6) is 1.45. The van der Waals surface area contributed by atoms with E-state index in [4.69, 9.17) is 16.3 Å². The number of hydrogen-bond acceptors (Lipinski definition) is 4. The molecule has 2 heterocycles. The summed E-state index contributed by atoms with van der Waals surface area (Å²) in [4.78, 5) is 0. The third-order valence-corrected chi connectivity index (χ3v) is 4.34. The second kappa shape index (κ2) is 6.18. The number of rotatable bonds is 3. The van der Waals surface area contributed by atoms with Gasteiger partial charge in [0, 0.05) is 11.1 Å². The van der Waals surface area contributed by atoms with Gasteiger partial charge in [0.15, 0.2) is 16.6 Å². The number of hydrogen-bond donors (Lipinski definition) is 0. The molecule has 2 aromatic heterocycles. The monoisotopic (exact) mass is 350 g/mol. The van der Waals surface area contributed by atoms with Crippen LogP contribution in [-0.4, -0.2) is 26.9 Å². The van der Waals surface area contributed by atoms with Crippen LogP contribution >= 0.6 is 11.6 Å². The first-order chi connectivity index (χ1) is 12.2. The van der Waals surface area contributed by atoms with Gasteiger partial charge in [0.05, 0.1) is 7.11 Å². The quantitative estimate of drug-likeness (QED) is 0.548. The van der Waals surface area contributed by atoms with Gasteiger partial charge in [-0.05, 0) is 30.7 Å². The van der Waals surface area contributed by atoms with Gasteiger partial charge < -0.3 is 4.74 Å². The van der Waals surface area contributed by atoms with E-state index in [1.165, 1.54) is 5.56 Å². The molecule has 25 heavy (non-hydrogen) atoms. The van der Waals surface area contributed by atoms with Crippen molar-refractivity contribution in [2.75, 3.05) is 7.11 Å². The standard InChI is InChI=1S/C19H15ClN4O/c1-12-3-5-14(6-4-12)19-22-21-17-11-16(18(20)23-24(17)19)13-7-9-15(25-2)10-8-13/h3-11H,1-2H3. The lowest BCUT2D eigenvalue weighted by atomic mass is 10.1. The second-order valence-electron chi connectivity index (χ2n) is 5.74. The number of aryl methyl sites for hydroxylation is 1. The van der Waals surface area contributed by atoms with Crippen LogP contribution in [0.2, 0.25) is 5.15 Å². The summed E-state index contributed by atoms with van der Waals surface area (Å²) in [6.45, 7) is 2.04. The SMILES string of the molecule is COc1ccc(-c2cc3nnc(-c4ccc(C)cc4)n3nc2Cl)cc1. The molecule has 0 aliphatic rings. The van der Waals surface area contributed by atoms with Crippen molar-refractivity contribution in [3.63, 3.8) is 0 Å². The van der Waals surface area contributed by atoms with Gasteiger partial charge in [-0.2, -0.15) is 9.61 Å². The number of ether oxygens (including phenoxy) is 1. The maximum absolute atomic E-state index is 6.43. The van der Waals surface area contributed by atoms with Crippen molar-refractivity contribution in [1.82, 2.24) is 19.8 Å². The Morgan fingerprint density at radius 3 is 2.28 bits per heavy atom. The molecule has 4 rings (SSSR count). The summed E-state index contributed by atoms with van der Waals surface area (Å²) in [5.41, 5.74) is 4.52. The predicted octanol–water partition coefficient (Wildman–Crippen LogP) is 4.43. The Morgan fingerprint density at radius 1 is 0.920 bits per heavy atom. The van der Waals surface area contributed by atoms with Gasteiger partial charge in [-0.15, -0.1) is 10.2 Å². The molecule has 0 aliphatic carbocycles. The molecule has 6 heteroatoms. The maximum Gasteiger partial charge on any atom is 0.185 e. The average molecular weight is 351 g/mol. The number of benzene rings is 2. The largest absolute Gasteiger partial charge is 0.497 e. The molecule has 0 aliphatic heterocycles. The van der Waals surface area contributed by atoms with Crippen LogP contribution in [0, 0.1) is 6.92 Å². The van der Waals surface area contributed by atoms with Crippen LogP contribution in [0.4, 0.5) is 0 Å². The van der Waals surface area contributed by atoms with Crippen molar-refractivity contribution in [2.24, 2.45) is 0 Å². The Kier molecular flexibility index (Phi) is 3.86. The molecule has 0 atom stereocenters. The number of halogens is 1. The van der Waals surface area contributed by atoms with E-state index >= 15 is 0 Å². The highest BCUT2D eigenvalue weighted by atomic mass is 35.5. The minimum absolute atomic E-state index is 0.394. The van der Waals surface area contributed by atoms with E-state index in [-0.39, 0.29) is 0 Å². The van der Waals surface area contributed by atoms with Gasteiger partial charge in [-0.3, -0.25) is 0 Å². The second-order valence-corrected chi connectivity index (χ2v) is 6.09. The lowest BCUT2D eigenvalue weighted by Gasteiger charge is -2.07. The van der Waals surface area contributed by atoms with Gasteiger partial charge in [0.1, 0.15) is 5.75 Å². The van der Waals surface area contributed by atoms with Crippen LogP contribution in [0.1, 0.15) is 5.56 Å². The highest BCUT2D eigenvalue weighted by Gasteiger charge is 2.14. The van der Waals surface area contributed by atoms with Crippen molar-refractivity contribution in [3.05, 3.63) is 65.3 Å².